The summed E-state index contributed by atoms with van der Waals surface area (Å²) in [6, 6.07) is 12.7. The predicted molar refractivity (Wildman–Crippen MR) is 114 cm³/mol. The van der Waals surface area contributed by atoms with Crippen molar-refractivity contribution in [1.82, 2.24) is 19.6 Å². The molecule has 2 aromatic carbocycles. The van der Waals surface area contributed by atoms with Gasteiger partial charge in [0.05, 0.1) is 6.54 Å². The SMILES string of the molecule is Cc1nc2nc(N(Cc3ccc(Br)cc3)C(=O)c3ccc(F)cc3)[nH]n2c(=O)c1C. The molecule has 2 aromatic heterocycles. The normalized spacial score (nSPS) is 11.1. The summed E-state index contributed by atoms with van der Waals surface area (Å²) in [5.41, 5.74) is 1.92. The molecule has 0 bridgehead atoms. The topological polar surface area (TPSA) is 83.4 Å². The van der Waals surface area contributed by atoms with Gasteiger partial charge in [-0.1, -0.05) is 28.1 Å². The van der Waals surface area contributed by atoms with Crippen LogP contribution in [0.5, 0.6) is 0 Å². The molecule has 7 nitrogen and oxygen atoms in total. The molecule has 152 valence electrons. The molecule has 9 heteroatoms. The summed E-state index contributed by atoms with van der Waals surface area (Å²) in [5, 5.41) is 2.88. The Morgan fingerprint density at radius 1 is 1.10 bits per heavy atom. The van der Waals surface area contributed by atoms with Crippen molar-refractivity contribution in [3.8, 4) is 0 Å². The van der Waals surface area contributed by atoms with E-state index in [0.29, 0.717) is 16.8 Å². The molecule has 0 saturated carbocycles. The number of nitrogens with zero attached hydrogens (tertiary/aromatic N) is 4. The minimum absolute atomic E-state index is 0.168. The average molecular weight is 470 g/mol. The maximum Gasteiger partial charge on any atom is 0.277 e. The number of fused-ring (bicyclic) bond motifs is 1. The van der Waals surface area contributed by atoms with Gasteiger partial charge in [0.1, 0.15) is 5.82 Å². The molecule has 4 aromatic rings. The van der Waals surface area contributed by atoms with Gasteiger partial charge in [0.2, 0.25) is 5.95 Å². The van der Waals surface area contributed by atoms with Crippen molar-refractivity contribution < 1.29 is 9.18 Å². The van der Waals surface area contributed by atoms with Crippen LogP contribution < -0.4 is 10.5 Å². The molecular formula is C21H17BrFN5O2. The molecule has 1 N–H and O–H groups in total. The van der Waals surface area contributed by atoms with E-state index in [4.69, 9.17) is 0 Å². The van der Waals surface area contributed by atoms with Crippen molar-refractivity contribution in [3.63, 3.8) is 0 Å². The fourth-order valence-electron chi connectivity index (χ4n) is 2.98. The number of aryl methyl sites for hydroxylation is 1. The number of carbonyl (C=O) groups is 1. The number of carbonyl (C=O) groups excluding carboxylic acids is 1. The molecule has 30 heavy (non-hydrogen) atoms. The molecule has 0 saturated heterocycles. The van der Waals surface area contributed by atoms with E-state index in [1.54, 1.807) is 13.8 Å². The molecule has 0 radical (unpaired) electrons. The van der Waals surface area contributed by atoms with Crippen LogP contribution in [-0.2, 0) is 6.54 Å². The second-order valence-corrected chi connectivity index (χ2v) is 7.75. The van der Waals surface area contributed by atoms with Crippen LogP contribution in [0, 0.1) is 19.7 Å². The van der Waals surface area contributed by atoms with E-state index in [9.17, 15) is 14.0 Å². The highest BCUT2D eigenvalue weighted by Gasteiger charge is 2.23. The molecule has 2 heterocycles. The summed E-state index contributed by atoms with van der Waals surface area (Å²) >= 11 is 3.39. The number of aromatic amines is 1. The van der Waals surface area contributed by atoms with Gasteiger partial charge in [0, 0.05) is 21.3 Å². The minimum atomic E-state index is -0.434. The molecule has 0 unspecified atom stereocenters. The van der Waals surface area contributed by atoms with E-state index in [2.05, 4.69) is 31.0 Å². The zero-order valence-corrected chi connectivity index (χ0v) is 17.8. The van der Waals surface area contributed by atoms with Crippen LogP contribution in [0.25, 0.3) is 5.78 Å². The molecule has 0 spiro atoms. The minimum Gasteiger partial charge on any atom is -0.272 e. The smallest absolute Gasteiger partial charge is 0.272 e. The monoisotopic (exact) mass is 469 g/mol. The molecule has 0 aliphatic rings. The lowest BCUT2D eigenvalue weighted by atomic mass is 10.1. The van der Waals surface area contributed by atoms with E-state index in [1.807, 2.05) is 24.3 Å². The van der Waals surface area contributed by atoms with Crippen molar-refractivity contribution in [3.05, 3.63) is 91.6 Å². The Balaban J connectivity index is 1.82. The Morgan fingerprint density at radius 3 is 2.43 bits per heavy atom. The van der Waals surface area contributed by atoms with Crippen molar-refractivity contribution in [2.24, 2.45) is 0 Å². The first kappa shape index (κ1) is 20.0. The third kappa shape index (κ3) is 3.76. The van der Waals surface area contributed by atoms with Crippen LogP contribution in [0.4, 0.5) is 10.3 Å². The summed E-state index contributed by atoms with van der Waals surface area (Å²) in [4.78, 5) is 35.9. The van der Waals surface area contributed by atoms with E-state index in [1.165, 1.54) is 33.7 Å². The number of halogens is 2. The molecule has 1 amide bonds. The first-order valence-electron chi connectivity index (χ1n) is 9.11. The van der Waals surface area contributed by atoms with Crippen LogP contribution >= 0.6 is 15.9 Å². The summed E-state index contributed by atoms with van der Waals surface area (Å²) in [5.74, 6) is -0.484. The molecule has 0 atom stereocenters. The zero-order valence-electron chi connectivity index (χ0n) is 16.2. The summed E-state index contributed by atoms with van der Waals surface area (Å²) in [7, 11) is 0. The van der Waals surface area contributed by atoms with Crippen molar-refractivity contribution in [2.45, 2.75) is 20.4 Å². The Hall–Kier alpha value is -3.33. The second kappa shape index (κ2) is 7.83. The Morgan fingerprint density at radius 2 is 1.77 bits per heavy atom. The lowest BCUT2D eigenvalue weighted by molar-refractivity contribution is 0.0983. The standard InChI is InChI=1S/C21H17BrFN5O2/c1-12-13(2)24-20-25-21(26-28(20)18(12)29)27(11-14-3-7-16(22)8-4-14)19(30)15-5-9-17(23)10-6-15/h3-10H,11H2,1-2H3,(H,24,25,26). The summed E-state index contributed by atoms with van der Waals surface area (Å²) in [6.45, 7) is 3.60. The summed E-state index contributed by atoms with van der Waals surface area (Å²) < 4.78 is 15.4. The molecule has 0 fully saturated rings. The number of anilines is 1. The van der Waals surface area contributed by atoms with Gasteiger partial charge < -0.3 is 0 Å². The van der Waals surface area contributed by atoms with Gasteiger partial charge in [-0.05, 0) is 55.8 Å². The van der Waals surface area contributed by atoms with Crippen molar-refractivity contribution in [1.29, 1.82) is 0 Å². The molecule has 4 rings (SSSR count). The van der Waals surface area contributed by atoms with Gasteiger partial charge in [-0.25, -0.2) is 9.37 Å². The van der Waals surface area contributed by atoms with Crippen molar-refractivity contribution >= 4 is 33.6 Å². The van der Waals surface area contributed by atoms with Crippen LogP contribution in [0.2, 0.25) is 0 Å². The zero-order chi connectivity index (χ0) is 21.4. The van der Waals surface area contributed by atoms with Gasteiger partial charge in [-0.15, -0.1) is 0 Å². The first-order valence-corrected chi connectivity index (χ1v) is 9.90. The average Bonchev–Trinajstić information content (AvgIpc) is 3.15. The maximum absolute atomic E-state index is 13.3. The Bertz CT molecular complexity index is 1300. The van der Waals surface area contributed by atoms with Crippen molar-refractivity contribution in [2.75, 3.05) is 4.90 Å². The summed E-state index contributed by atoms with van der Waals surface area (Å²) in [6.07, 6.45) is 0. The number of nitrogens with one attached hydrogen (secondary N) is 1. The van der Waals surface area contributed by atoms with Gasteiger partial charge in [-0.3, -0.25) is 19.6 Å². The Kier molecular flexibility index (Phi) is 5.21. The number of hydrogen-bond donors (Lipinski definition) is 1. The Labute approximate surface area is 179 Å². The van der Waals surface area contributed by atoms with E-state index in [-0.39, 0.29) is 23.8 Å². The van der Waals surface area contributed by atoms with Gasteiger partial charge in [-0.2, -0.15) is 9.50 Å². The van der Waals surface area contributed by atoms with E-state index in [0.717, 1.165) is 10.0 Å². The van der Waals surface area contributed by atoms with Crippen LogP contribution in [0.3, 0.4) is 0 Å². The molecular weight excluding hydrogens is 453 g/mol. The number of hydrogen-bond acceptors (Lipinski definition) is 4. The van der Waals surface area contributed by atoms with Gasteiger partial charge >= 0.3 is 0 Å². The fraction of sp³-hybridized carbons (Fsp3) is 0.143. The number of amides is 1. The highest BCUT2D eigenvalue weighted by molar-refractivity contribution is 9.10. The first-order chi connectivity index (χ1) is 14.3. The third-order valence-corrected chi connectivity index (χ3v) is 5.33. The van der Waals surface area contributed by atoms with Crippen LogP contribution in [0.15, 0.2) is 57.8 Å². The van der Waals surface area contributed by atoms with Crippen LogP contribution in [-0.4, -0.2) is 25.5 Å². The largest absolute Gasteiger partial charge is 0.277 e. The van der Waals surface area contributed by atoms with Gasteiger partial charge in [0.25, 0.3) is 17.2 Å². The highest BCUT2D eigenvalue weighted by atomic mass is 79.9. The highest BCUT2D eigenvalue weighted by Crippen LogP contribution is 2.19. The number of benzene rings is 2. The molecule has 0 aliphatic carbocycles. The molecule has 0 aliphatic heterocycles. The van der Waals surface area contributed by atoms with E-state index >= 15 is 0 Å². The second-order valence-electron chi connectivity index (χ2n) is 6.83. The fourth-order valence-corrected chi connectivity index (χ4v) is 3.24. The van der Waals surface area contributed by atoms with Crippen LogP contribution in [0.1, 0.15) is 27.2 Å². The quantitative estimate of drug-likeness (QED) is 0.492. The lowest BCUT2D eigenvalue weighted by Crippen LogP contribution is -2.31. The predicted octanol–water partition coefficient (Wildman–Crippen LogP) is 3.78. The van der Waals surface area contributed by atoms with E-state index < -0.39 is 11.7 Å². The number of aromatic nitrogens is 4. The number of H-pyrrole nitrogens is 1. The lowest BCUT2D eigenvalue weighted by Gasteiger charge is -2.20. The van der Waals surface area contributed by atoms with Gasteiger partial charge in [0.15, 0.2) is 0 Å². The number of rotatable bonds is 4. The third-order valence-electron chi connectivity index (χ3n) is 4.80. The maximum atomic E-state index is 13.3.